The summed E-state index contributed by atoms with van der Waals surface area (Å²) in [7, 11) is 0. The van der Waals surface area contributed by atoms with E-state index in [-0.39, 0.29) is 127 Å². The molecule has 0 bridgehead atoms. The van der Waals surface area contributed by atoms with Gasteiger partial charge in [-0.2, -0.15) is 0 Å². The van der Waals surface area contributed by atoms with Gasteiger partial charge in [-0.1, -0.05) is 0 Å². The Morgan fingerprint density at radius 3 is 0.863 bits per heavy atom. The maximum absolute atomic E-state index is 13.0. The van der Waals surface area contributed by atoms with Gasteiger partial charge in [-0.3, -0.25) is 14.4 Å². The van der Waals surface area contributed by atoms with Crippen molar-refractivity contribution in [1.29, 1.82) is 0 Å². The van der Waals surface area contributed by atoms with Gasteiger partial charge in [0.2, 0.25) is 0 Å². The third-order valence-corrected chi connectivity index (χ3v) is 11.2. The molecule has 3 atom stereocenters. The fourth-order valence-corrected chi connectivity index (χ4v) is 9.41. The fraction of sp³-hybridized carbons (Fsp3) is 0.923. The summed E-state index contributed by atoms with van der Waals surface area (Å²) in [6, 6.07) is 0. The molecule has 3 aliphatic heterocycles. The lowest BCUT2D eigenvalue weighted by atomic mass is 9.87. The van der Waals surface area contributed by atoms with Crippen molar-refractivity contribution < 1.29 is 42.8 Å². The molecule has 294 valence electrons. The number of carbonyl (C=O) groups is 3. The van der Waals surface area contributed by atoms with E-state index >= 15 is 0 Å². The van der Waals surface area contributed by atoms with Crippen LogP contribution < -0.4 is 16.0 Å². The highest BCUT2D eigenvalue weighted by molar-refractivity contribution is 5.76. The molecule has 1 saturated carbocycles. The van der Waals surface area contributed by atoms with Crippen LogP contribution >= 0.6 is 0 Å². The lowest BCUT2D eigenvalue weighted by Gasteiger charge is -2.35. The molecule has 0 aromatic rings. The molecule has 4 fully saturated rings. The van der Waals surface area contributed by atoms with Crippen LogP contribution in [0, 0.1) is 17.8 Å². The number of rotatable bonds is 15. The maximum atomic E-state index is 13.0. The molecule has 0 spiro atoms. The normalized spacial score (nSPS) is 32.7. The van der Waals surface area contributed by atoms with Crippen molar-refractivity contribution in [2.24, 2.45) is 17.8 Å². The summed E-state index contributed by atoms with van der Waals surface area (Å²) in [5.41, 5.74) is -1.42. The van der Waals surface area contributed by atoms with E-state index in [0.717, 1.165) is 0 Å². The molecule has 1 aliphatic carbocycles. The zero-order chi connectivity index (χ0) is 38.0. The van der Waals surface area contributed by atoms with Crippen LogP contribution in [0.15, 0.2) is 0 Å². The first kappa shape index (κ1) is 41.9. The smallest absolute Gasteiger partial charge is 0.310 e. The van der Waals surface area contributed by atoms with Crippen LogP contribution in [-0.2, 0) is 42.8 Å². The van der Waals surface area contributed by atoms with Crippen molar-refractivity contribution in [3.8, 4) is 0 Å². The molecule has 4 aliphatic rings. The Kier molecular flexibility index (Phi) is 13.0. The van der Waals surface area contributed by atoms with Crippen LogP contribution in [-0.4, -0.2) is 109 Å². The van der Waals surface area contributed by atoms with Gasteiger partial charge in [0.05, 0.1) is 55.9 Å². The van der Waals surface area contributed by atoms with E-state index in [1.807, 2.05) is 41.5 Å². The zero-order valence-electron chi connectivity index (χ0n) is 33.6. The van der Waals surface area contributed by atoms with Gasteiger partial charge in [0.15, 0.2) is 0 Å². The minimum absolute atomic E-state index is 0.130. The number of carbonyl (C=O) groups excluding carboxylic acids is 3. The van der Waals surface area contributed by atoms with Gasteiger partial charge >= 0.3 is 17.9 Å². The molecule has 0 radical (unpaired) electrons. The van der Waals surface area contributed by atoms with Crippen molar-refractivity contribution in [2.75, 3.05) is 39.6 Å². The molecule has 12 nitrogen and oxygen atoms in total. The van der Waals surface area contributed by atoms with Gasteiger partial charge in [0, 0.05) is 33.2 Å². The molecule has 3 N–H and O–H groups in total. The Morgan fingerprint density at radius 2 is 0.667 bits per heavy atom. The SMILES string of the molecule is CC1(C)CC(C(=O)OCCOC2CC(OCCOC(=O)C3CC(C)(C)NC3(C)C)CC(OCCOC(=O)C3CC(C)(C)NC3(C)C)C2)C(C)(C)N1. The van der Waals surface area contributed by atoms with Crippen molar-refractivity contribution in [3.63, 3.8) is 0 Å². The summed E-state index contributed by atoms with van der Waals surface area (Å²) < 4.78 is 35.7. The van der Waals surface area contributed by atoms with E-state index in [2.05, 4.69) is 57.5 Å². The Labute approximate surface area is 306 Å². The van der Waals surface area contributed by atoms with Crippen LogP contribution in [0.5, 0.6) is 0 Å². The van der Waals surface area contributed by atoms with Crippen LogP contribution in [0.25, 0.3) is 0 Å². The third-order valence-electron chi connectivity index (χ3n) is 11.2. The molecule has 3 heterocycles. The first-order valence-electron chi connectivity index (χ1n) is 19.1. The molecule has 51 heavy (non-hydrogen) atoms. The monoisotopic (exact) mass is 724 g/mol. The van der Waals surface area contributed by atoms with E-state index < -0.39 is 0 Å². The Morgan fingerprint density at radius 1 is 0.431 bits per heavy atom. The number of hydrogen-bond donors (Lipinski definition) is 3. The van der Waals surface area contributed by atoms with E-state index in [1.165, 1.54) is 0 Å². The fourth-order valence-electron chi connectivity index (χ4n) is 9.41. The summed E-state index contributed by atoms with van der Waals surface area (Å²) in [6.45, 7) is 26.1. The molecule has 0 aromatic carbocycles. The molecule has 4 rings (SSSR count). The first-order valence-corrected chi connectivity index (χ1v) is 19.1. The average molecular weight is 724 g/mol. The highest BCUT2D eigenvalue weighted by Crippen LogP contribution is 2.38. The van der Waals surface area contributed by atoms with Gasteiger partial charge in [-0.15, -0.1) is 0 Å². The van der Waals surface area contributed by atoms with E-state index in [1.54, 1.807) is 0 Å². The summed E-state index contributed by atoms with van der Waals surface area (Å²) in [4.78, 5) is 38.9. The number of ether oxygens (including phenoxy) is 6. The summed E-state index contributed by atoms with van der Waals surface area (Å²) in [5.74, 6) is -1.32. The third kappa shape index (κ3) is 11.6. The highest BCUT2D eigenvalue weighted by atomic mass is 16.6. The number of esters is 3. The van der Waals surface area contributed by atoms with Crippen molar-refractivity contribution in [1.82, 2.24) is 16.0 Å². The molecular formula is C39H69N3O9. The second kappa shape index (κ2) is 15.9. The topological polar surface area (TPSA) is 143 Å². The average Bonchev–Trinajstić information content (AvgIpc) is 3.47. The Hall–Kier alpha value is -1.83. The van der Waals surface area contributed by atoms with Gasteiger partial charge in [0.1, 0.15) is 19.8 Å². The molecule has 0 amide bonds. The van der Waals surface area contributed by atoms with Crippen LogP contribution in [0.2, 0.25) is 0 Å². The number of nitrogens with one attached hydrogen (secondary N) is 3. The molecular weight excluding hydrogens is 654 g/mol. The summed E-state index contributed by atoms with van der Waals surface area (Å²) in [6.07, 6.45) is 3.51. The zero-order valence-corrected chi connectivity index (χ0v) is 33.6. The lowest BCUT2D eigenvalue weighted by Crippen LogP contribution is -2.46. The van der Waals surface area contributed by atoms with Crippen molar-refractivity contribution in [2.45, 2.75) is 173 Å². The van der Waals surface area contributed by atoms with Gasteiger partial charge in [-0.25, -0.2) is 0 Å². The minimum atomic E-state index is -0.343. The second-order valence-corrected chi connectivity index (χ2v) is 19.1. The maximum Gasteiger partial charge on any atom is 0.310 e. The van der Waals surface area contributed by atoms with Gasteiger partial charge in [0.25, 0.3) is 0 Å². The standard InChI is InChI=1S/C39H69N3O9/c1-34(2)22-28(37(7,8)40-34)31(43)49-16-13-46-25-19-26(47-14-17-50-32(44)29-23-35(3,4)41-38(29,9)10)21-27(20-25)48-15-18-51-33(45)30-24-36(5,6)42-39(30,11)12/h25-30,40-42H,13-24H2,1-12H3. The molecule has 3 saturated heterocycles. The largest absolute Gasteiger partial charge is 0.463 e. The van der Waals surface area contributed by atoms with E-state index in [4.69, 9.17) is 28.4 Å². The predicted molar refractivity (Wildman–Crippen MR) is 194 cm³/mol. The van der Waals surface area contributed by atoms with Gasteiger partial charge < -0.3 is 44.4 Å². The summed E-state index contributed by atoms with van der Waals surface area (Å²) >= 11 is 0. The Bertz CT molecular complexity index is 1080. The molecule has 3 unspecified atom stereocenters. The molecule has 12 heteroatoms. The van der Waals surface area contributed by atoms with Crippen LogP contribution in [0.3, 0.4) is 0 Å². The van der Waals surface area contributed by atoms with Crippen molar-refractivity contribution in [3.05, 3.63) is 0 Å². The first-order chi connectivity index (χ1) is 23.4. The Balaban J connectivity index is 1.25. The highest BCUT2D eigenvalue weighted by Gasteiger charge is 2.50. The summed E-state index contributed by atoms with van der Waals surface area (Å²) in [5, 5.41) is 10.6. The predicted octanol–water partition coefficient (Wildman–Crippen LogP) is 4.46. The second-order valence-electron chi connectivity index (χ2n) is 19.1. The minimum Gasteiger partial charge on any atom is -0.463 e. The quantitative estimate of drug-likeness (QED) is 0.125. The molecule has 0 aromatic heterocycles. The van der Waals surface area contributed by atoms with Crippen molar-refractivity contribution >= 4 is 17.9 Å². The van der Waals surface area contributed by atoms with Crippen LogP contribution in [0.1, 0.15) is 122 Å². The van der Waals surface area contributed by atoms with E-state index in [9.17, 15) is 14.4 Å². The van der Waals surface area contributed by atoms with Crippen LogP contribution in [0.4, 0.5) is 0 Å². The van der Waals surface area contributed by atoms with E-state index in [0.29, 0.717) is 38.5 Å². The van der Waals surface area contributed by atoms with Gasteiger partial charge in [-0.05, 0) is 122 Å². The number of hydrogen-bond acceptors (Lipinski definition) is 12. The lowest BCUT2D eigenvalue weighted by molar-refractivity contribution is -0.157.